The molecule has 144 valence electrons. The van der Waals surface area contributed by atoms with E-state index in [9.17, 15) is 9.59 Å². The number of nitrogens with two attached hydrogens (primary N) is 1. The lowest BCUT2D eigenvalue weighted by Gasteiger charge is -2.27. The molecule has 2 unspecified atom stereocenters. The van der Waals surface area contributed by atoms with Crippen LogP contribution < -0.4 is 21.6 Å². The summed E-state index contributed by atoms with van der Waals surface area (Å²) in [4.78, 5) is 28.1. The number of aromatic amines is 1. The van der Waals surface area contributed by atoms with Crippen LogP contribution >= 0.6 is 11.5 Å². The summed E-state index contributed by atoms with van der Waals surface area (Å²) in [5.74, 6) is -0.418. The zero-order valence-electron chi connectivity index (χ0n) is 15.1. The molecular formula is C20H19FN4O2S. The lowest BCUT2D eigenvalue weighted by Crippen LogP contribution is -2.31. The van der Waals surface area contributed by atoms with E-state index < -0.39 is 16.8 Å². The molecule has 6 rings (SSSR count). The second kappa shape index (κ2) is 5.55. The van der Waals surface area contributed by atoms with E-state index >= 15 is 4.39 Å². The largest absolute Gasteiger partial charge is 0.364 e. The van der Waals surface area contributed by atoms with Crippen LogP contribution in [-0.2, 0) is 0 Å². The highest BCUT2D eigenvalue weighted by molar-refractivity contribution is 7.12. The number of fused-ring (bicyclic) bond motifs is 6. The Bertz CT molecular complexity index is 1300. The summed E-state index contributed by atoms with van der Waals surface area (Å²) in [5.41, 5.74) is 7.40. The fraction of sp³-hybridized carbons (Fsp3) is 0.400. The first kappa shape index (κ1) is 16.5. The second-order valence-electron chi connectivity index (χ2n) is 8.10. The third-order valence-electron chi connectivity index (χ3n) is 6.21. The van der Waals surface area contributed by atoms with Crippen LogP contribution in [0.3, 0.4) is 0 Å². The van der Waals surface area contributed by atoms with Crippen LogP contribution in [0.15, 0.2) is 21.7 Å². The van der Waals surface area contributed by atoms with E-state index in [0.717, 1.165) is 36.8 Å². The van der Waals surface area contributed by atoms with Crippen LogP contribution in [0, 0.1) is 5.82 Å². The first-order valence-electron chi connectivity index (χ1n) is 9.65. The minimum absolute atomic E-state index is 0.0162. The number of nitrogens with zero attached hydrogens (tertiary/aromatic N) is 2. The van der Waals surface area contributed by atoms with Crippen LogP contribution in [0.1, 0.15) is 37.3 Å². The number of hydrogen-bond acceptors (Lipinski definition) is 5. The van der Waals surface area contributed by atoms with Gasteiger partial charge in [-0.25, -0.2) is 4.39 Å². The Kier molecular flexibility index (Phi) is 3.27. The van der Waals surface area contributed by atoms with Gasteiger partial charge in [0.25, 0.3) is 5.56 Å². The highest BCUT2D eigenvalue weighted by atomic mass is 32.1. The van der Waals surface area contributed by atoms with Crippen LogP contribution in [-0.4, -0.2) is 27.6 Å². The number of pyridine rings is 1. The zero-order valence-corrected chi connectivity index (χ0v) is 15.9. The van der Waals surface area contributed by atoms with Crippen molar-refractivity contribution < 1.29 is 4.39 Å². The number of hydrogen-bond donors (Lipinski definition) is 2. The average Bonchev–Trinajstić information content (AvgIpc) is 3.36. The van der Waals surface area contributed by atoms with Gasteiger partial charge in [-0.1, -0.05) is 12.2 Å². The molecule has 1 saturated carbocycles. The molecule has 0 amide bonds. The predicted molar refractivity (Wildman–Crippen MR) is 110 cm³/mol. The molecule has 0 spiro atoms. The Hall–Kier alpha value is -2.45. The number of benzene rings is 1. The molecule has 2 aromatic heterocycles. The molecule has 8 heteroatoms. The van der Waals surface area contributed by atoms with Crippen molar-refractivity contribution in [2.45, 2.75) is 43.8 Å². The highest BCUT2D eigenvalue weighted by Gasteiger charge is 2.36. The molecule has 0 bridgehead atoms. The van der Waals surface area contributed by atoms with Crippen LogP contribution in [0.4, 0.5) is 10.1 Å². The highest BCUT2D eigenvalue weighted by Crippen LogP contribution is 2.44. The second-order valence-corrected chi connectivity index (χ2v) is 8.90. The van der Waals surface area contributed by atoms with Gasteiger partial charge in [0.15, 0.2) is 0 Å². The van der Waals surface area contributed by atoms with Crippen molar-refractivity contribution in [2.24, 2.45) is 5.73 Å². The molecule has 1 saturated heterocycles. The van der Waals surface area contributed by atoms with Gasteiger partial charge in [-0.15, -0.1) is 0 Å². The number of halogens is 1. The summed E-state index contributed by atoms with van der Waals surface area (Å²) >= 11 is 1.19. The summed E-state index contributed by atoms with van der Waals surface area (Å²) in [5, 5.41) is 0.425. The predicted octanol–water partition coefficient (Wildman–Crippen LogP) is 2.70. The fourth-order valence-electron chi connectivity index (χ4n) is 4.91. The van der Waals surface area contributed by atoms with Gasteiger partial charge in [0.1, 0.15) is 16.0 Å². The average molecular weight is 398 g/mol. The van der Waals surface area contributed by atoms with Gasteiger partial charge in [0.2, 0.25) is 5.43 Å². The Morgan fingerprint density at radius 2 is 2.07 bits per heavy atom. The van der Waals surface area contributed by atoms with Crippen molar-refractivity contribution in [1.82, 2.24) is 8.94 Å². The molecule has 3 N–H and O–H groups in total. The summed E-state index contributed by atoms with van der Waals surface area (Å²) < 4.78 is 20.1. The maximum absolute atomic E-state index is 15.4. The minimum atomic E-state index is -0.418. The van der Waals surface area contributed by atoms with Gasteiger partial charge in [0.05, 0.1) is 16.6 Å². The Labute approximate surface area is 163 Å². The van der Waals surface area contributed by atoms with Gasteiger partial charge in [-0.05, 0) is 43.3 Å². The molecule has 28 heavy (non-hydrogen) atoms. The summed E-state index contributed by atoms with van der Waals surface area (Å²) in [6.45, 7) is 0.606. The third kappa shape index (κ3) is 2.10. The van der Waals surface area contributed by atoms with Gasteiger partial charge in [-0.3, -0.25) is 14.0 Å². The first-order valence-corrected chi connectivity index (χ1v) is 10.5. The third-order valence-corrected chi connectivity index (χ3v) is 7.10. The van der Waals surface area contributed by atoms with Crippen molar-refractivity contribution in [3.8, 4) is 0 Å². The first-order chi connectivity index (χ1) is 13.5. The topological polar surface area (TPSA) is 84.1 Å². The van der Waals surface area contributed by atoms with E-state index in [-0.39, 0.29) is 28.9 Å². The fourth-order valence-corrected chi connectivity index (χ4v) is 5.82. The van der Waals surface area contributed by atoms with E-state index in [1.165, 1.54) is 17.6 Å². The van der Waals surface area contributed by atoms with E-state index in [0.29, 0.717) is 17.1 Å². The van der Waals surface area contributed by atoms with E-state index in [1.807, 2.05) is 6.08 Å². The summed E-state index contributed by atoms with van der Waals surface area (Å²) in [7, 11) is 0. The number of anilines is 1. The monoisotopic (exact) mass is 398 g/mol. The molecular weight excluding hydrogens is 379 g/mol. The SMILES string of the molecule is NC1CC2CC=Cc3c(c(F)cc4c(=O)c5c(=O)[nH]sc5n(C5CC5)c34)N2C1. The van der Waals surface area contributed by atoms with Crippen LogP contribution in [0.5, 0.6) is 0 Å². The maximum Gasteiger partial charge on any atom is 0.271 e. The molecule has 1 aliphatic carbocycles. The molecule has 4 heterocycles. The molecule has 3 aromatic rings. The van der Waals surface area contributed by atoms with Crippen LogP contribution in [0.25, 0.3) is 27.2 Å². The smallest absolute Gasteiger partial charge is 0.271 e. The quantitative estimate of drug-likeness (QED) is 0.660. The van der Waals surface area contributed by atoms with Crippen molar-refractivity contribution in [1.29, 1.82) is 0 Å². The Morgan fingerprint density at radius 1 is 1.25 bits per heavy atom. The molecule has 2 atom stereocenters. The van der Waals surface area contributed by atoms with Gasteiger partial charge in [0, 0.05) is 30.2 Å². The molecule has 3 aliphatic rings. The Morgan fingerprint density at radius 3 is 2.86 bits per heavy atom. The molecule has 2 aliphatic heterocycles. The van der Waals surface area contributed by atoms with E-state index in [4.69, 9.17) is 5.73 Å². The van der Waals surface area contributed by atoms with Crippen molar-refractivity contribution >= 4 is 44.4 Å². The number of nitrogens with one attached hydrogen (secondary N) is 1. The van der Waals surface area contributed by atoms with E-state index in [1.54, 1.807) is 0 Å². The van der Waals surface area contributed by atoms with Crippen molar-refractivity contribution in [3.63, 3.8) is 0 Å². The molecule has 1 aromatic carbocycles. The normalized spacial score (nSPS) is 24.0. The van der Waals surface area contributed by atoms with Crippen molar-refractivity contribution in [2.75, 3.05) is 11.4 Å². The number of rotatable bonds is 1. The van der Waals surface area contributed by atoms with Gasteiger partial charge < -0.3 is 15.2 Å². The maximum atomic E-state index is 15.4. The Balaban J connectivity index is 1.81. The molecule has 6 nitrogen and oxygen atoms in total. The van der Waals surface area contributed by atoms with Crippen molar-refractivity contribution in [3.05, 3.63) is 44.1 Å². The summed E-state index contributed by atoms with van der Waals surface area (Å²) in [6, 6.07) is 1.75. The number of H-pyrrole nitrogens is 1. The lowest BCUT2D eigenvalue weighted by atomic mass is 10.0. The number of aromatic nitrogens is 2. The van der Waals surface area contributed by atoms with Gasteiger partial charge >= 0.3 is 0 Å². The molecule has 0 radical (unpaired) electrons. The standard InChI is InChI=1S/C20H19FN4O2S/c21-14-7-13-16(12-3-1-2-11-6-9(22)8-24(11)17(12)14)25(10-4-5-10)20-15(18(13)26)19(27)23-28-20/h1,3,7,9-11H,2,4-6,8,22H2,(H,23,27). The van der Waals surface area contributed by atoms with Gasteiger partial charge in [-0.2, -0.15) is 0 Å². The minimum Gasteiger partial charge on any atom is -0.364 e. The summed E-state index contributed by atoms with van der Waals surface area (Å²) in [6.07, 6.45) is 7.63. The van der Waals surface area contributed by atoms with E-state index in [2.05, 4.69) is 19.9 Å². The lowest BCUT2D eigenvalue weighted by molar-refractivity contribution is 0.606. The molecule has 2 fully saturated rings. The van der Waals surface area contributed by atoms with Crippen LogP contribution in [0.2, 0.25) is 0 Å². The zero-order chi connectivity index (χ0) is 19.2.